The summed E-state index contributed by atoms with van der Waals surface area (Å²) in [6, 6.07) is 0.851. The van der Waals surface area contributed by atoms with Crippen LogP contribution in [0.2, 0.25) is 6.04 Å². The lowest BCUT2D eigenvalue weighted by atomic mass is 10.0. The van der Waals surface area contributed by atoms with Crippen molar-refractivity contribution in [1.29, 1.82) is 0 Å². The molecule has 6 heteroatoms. The molecule has 0 radical (unpaired) electrons. The van der Waals surface area contributed by atoms with Crippen LogP contribution in [0.3, 0.4) is 0 Å². The molecule has 0 aromatic rings. The molecule has 0 rings (SSSR count). The van der Waals surface area contributed by atoms with Crippen LogP contribution in [-0.4, -0.2) is 44.7 Å². The Morgan fingerprint density at radius 1 is 0.424 bits per heavy atom. The lowest BCUT2D eigenvalue weighted by Gasteiger charge is -2.40. The van der Waals surface area contributed by atoms with Crippen molar-refractivity contribution in [2.45, 2.75) is 149 Å². The molecule has 7 N–H and O–H groups in total. The molecule has 0 spiro atoms. The maximum absolute atomic E-state index is 5.98. The van der Waals surface area contributed by atoms with Gasteiger partial charge in [-0.05, 0) is 38.1 Å². The number of nitrogens with two attached hydrogens (primary N) is 3. The third-order valence-corrected chi connectivity index (χ3v) is 8.42. The van der Waals surface area contributed by atoms with Gasteiger partial charge in [0.15, 0.2) is 0 Å². The smallest absolute Gasteiger partial charge is 0.273 e. The molecule has 0 aliphatic heterocycles. The van der Waals surface area contributed by atoms with E-state index in [1.165, 1.54) is 146 Å². The monoisotopic (exact) mass is 488 g/mol. The Balaban J connectivity index is 0. The number of rotatable bonds is 25. The average molecular weight is 489 g/mol. The Bertz CT molecular complexity index is 383. The Hall–Kier alpha value is 0.0169. The second-order valence-electron chi connectivity index (χ2n) is 10.8. The molecule has 0 bridgehead atoms. The van der Waals surface area contributed by atoms with Gasteiger partial charge in [0.25, 0.3) is 8.56 Å². The maximum Gasteiger partial charge on any atom is 0.273 e. The van der Waals surface area contributed by atoms with Gasteiger partial charge in [-0.1, -0.05) is 111 Å². The first kappa shape index (κ1) is 35.2. The first-order valence-corrected chi connectivity index (χ1v) is 17.0. The molecule has 0 heterocycles. The van der Waals surface area contributed by atoms with Crippen molar-refractivity contribution in [1.82, 2.24) is 0 Å². The zero-order valence-electron chi connectivity index (χ0n) is 23.1. The molecule has 0 atom stereocenters. The second-order valence-corrected chi connectivity index (χ2v) is 13.5. The van der Waals surface area contributed by atoms with Gasteiger partial charge in [-0.25, -0.2) is 0 Å². The molecule has 0 aromatic heterocycles. The number of quaternary nitrogens is 1. The fourth-order valence-electron chi connectivity index (χ4n) is 5.02. The molecule has 0 amide bonds. The average Bonchev–Trinajstić information content (AvgIpc) is 2.75. The Kier molecular flexibility index (Phi) is 25.3. The maximum atomic E-state index is 5.98. The Labute approximate surface area is 209 Å². The summed E-state index contributed by atoms with van der Waals surface area (Å²) in [6.45, 7) is 12.1. The van der Waals surface area contributed by atoms with E-state index in [0.717, 1.165) is 12.5 Å². The van der Waals surface area contributed by atoms with E-state index in [2.05, 4.69) is 20.8 Å². The summed E-state index contributed by atoms with van der Waals surface area (Å²) in [5, 5.41) is 18.0. The zero-order chi connectivity index (χ0) is 24.0. The van der Waals surface area contributed by atoms with Gasteiger partial charge >= 0.3 is 0 Å². The molecule has 0 saturated carbocycles. The van der Waals surface area contributed by atoms with Crippen LogP contribution in [0.15, 0.2) is 0 Å². The van der Waals surface area contributed by atoms with Crippen LogP contribution >= 0.6 is 0 Å². The summed E-state index contributed by atoms with van der Waals surface area (Å²) < 4.78 is 1.28. The van der Waals surface area contributed by atoms with Gasteiger partial charge in [0, 0.05) is 0 Å². The van der Waals surface area contributed by atoms with E-state index in [9.17, 15) is 0 Å². The summed E-state index contributed by atoms with van der Waals surface area (Å²) >= 11 is 0. The van der Waals surface area contributed by atoms with Crippen LogP contribution in [0, 0.1) is 0 Å². The van der Waals surface area contributed by atoms with Gasteiger partial charge in [0.05, 0.1) is 26.2 Å². The van der Waals surface area contributed by atoms with Crippen molar-refractivity contribution in [3.63, 3.8) is 0 Å². The summed E-state index contributed by atoms with van der Waals surface area (Å²) in [6.07, 6.45) is 26.4. The summed E-state index contributed by atoms with van der Waals surface area (Å²) in [5.74, 6) is 0. The zero-order valence-corrected chi connectivity index (χ0v) is 24.1. The fourth-order valence-corrected chi connectivity index (χ4v) is 5.79. The highest BCUT2D eigenvalue weighted by molar-refractivity contribution is 6.70. The Morgan fingerprint density at radius 3 is 1.09 bits per heavy atom. The van der Waals surface area contributed by atoms with Crippen LogP contribution in [0.25, 0.3) is 0 Å². The van der Waals surface area contributed by atoms with Crippen LogP contribution in [0.4, 0.5) is 0 Å². The summed E-state index contributed by atoms with van der Waals surface area (Å²) in [4.78, 5) is 0. The van der Waals surface area contributed by atoms with Crippen LogP contribution < -0.4 is 16.2 Å². The summed E-state index contributed by atoms with van der Waals surface area (Å²) in [5.41, 5.74) is 0. The van der Waals surface area contributed by atoms with Crippen LogP contribution in [-0.2, 0) is 0 Å². The second kappa shape index (κ2) is 23.7. The van der Waals surface area contributed by atoms with Gasteiger partial charge in [0.2, 0.25) is 0 Å². The minimum Gasteiger partial charge on any atom is -0.870 e. The van der Waals surface area contributed by atoms with Crippen molar-refractivity contribution in [3.8, 4) is 0 Å². The number of hydrogen-bond acceptors (Lipinski definition) is 4. The molecule has 5 nitrogen and oxygen atoms in total. The van der Waals surface area contributed by atoms with Gasteiger partial charge in [-0.2, -0.15) is 0 Å². The van der Waals surface area contributed by atoms with E-state index in [1.54, 1.807) is 0 Å². The molecular formula is C27H64N4OSi. The van der Waals surface area contributed by atoms with Crippen molar-refractivity contribution >= 4 is 8.56 Å². The minimum atomic E-state index is -2.40. The Morgan fingerprint density at radius 2 is 0.727 bits per heavy atom. The first-order valence-electron chi connectivity index (χ1n) is 14.6. The topological polar surface area (TPSA) is 108 Å². The van der Waals surface area contributed by atoms with Gasteiger partial charge < -0.3 is 26.2 Å². The predicted molar refractivity (Wildman–Crippen MR) is 150 cm³/mol. The van der Waals surface area contributed by atoms with E-state index in [1.807, 2.05) is 0 Å². The largest absolute Gasteiger partial charge is 0.870 e. The molecule has 0 aromatic carbocycles. The highest BCUT2D eigenvalue weighted by Crippen LogP contribution is 2.19. The molecule has 0 fully saturated rings. The standard InChI is InChI=1S/C27H63N4Si.H2O/c1-4-7-10-11-12-13-14-15-16-17-18-19-20-21-25-31(23-8-5-2,24-9-6-3)26-22-27-32(28,29)30;/h4-30H2,1-3H3;1H2/q+1;/p-1. The SMILES string of the molecule is CCCCCCCCCCCCCCCC[N+](CCCC)(CCCC)CCC[Si](N)(N)N.[OH-]. The van der Waals surface area contributed by atoms with E-state index in [-0.39, 0.29) is 5.48 Å². The minimum absolute atomic E-state index is 0. The summed E-state index contributed by atoms with van der Waals surface area (Å²) in [7, 11) is -2.40. The van der Waals surface area contributed by atoms with E-state index in [0.29, 0.717) is 0 Å². The third kappa shape index (κ3) is 23.5. The van der Waals surface area contributed by atoms with Crippen molar-refractivity contribution in [3.05, 3.63) is 0 Å². The van der Waals surface area contributed by atoms with Gasteiger partial charge in [0.1, 0.15) is 0 Å². The lowest BCUT2D eigenvalue weighted by Crippen LogP contribution is -2.65. The predicted octanol–water partition coefficient (Wildman–Crippen LogP) is 6.91. The van der Waals surface area contributed by atoms with Gasteiger partial charge in [-0.3, -0.25) is 0 Å². The quantitative estimate of drug-likeness (QED) is 0.0736. The van der Waals surface area contributed by atoms with E-state index >= 15 is 0 Å². The molecule has 0 saturated heterocycles. The third-order valence-electron chi connectivity index (χ3n) is 7.20. The molecule has 0 unspecified atom stereocenters. The fraction of sp³-hybridized carbons (Fsp3) is 1.00. The number of hydrogen-bond donors (Lipinski definition) is 3. The van der Waals surface area contributed by atoms with Crippen LogP contribution in [0.5, 0.6) is 0 Å². The number of nitrogens with zero attached hydrogens (tertiary/aromatic N) is 1. The van der Waals surface area contributed by atoms with Crippen molar-refractivity contribution < 1.29 is 9.96 Å². The van der Waals surface area contributed by atoms with Crippen LogP contribution in [0.1, 0.15) is 143 Å². The highest BCUT2D eigenvalue weighted by atomic mass is 28.4. The van der Waals surface area contributed by atoms with Crippen molar-refractivity contribution in [2.24, 2.45) is 16.2 Å². The lowest BCUT2D eigenvalue weighted by molar-refractivity contribution is -0.929. The van der Waals surface area contributed by atoms with Gasteiger partial charge in [-0.15, -0.1) is 0 Å². The van der Waals surface area contributed by atoms with E-state index < -0.39 is 8.56 Å². The highest BCUT2D eigenvalue weighted by Gasteiger charge is 2.27. The molecule has 0 aliphatic carbocycles. The van der Waals surface area contributed by atoms with E-state index in [4.69, 9.17) is 16.2 Å². The molecule has 0 aliphatic rings. The number of unbranched alkanes of at least 4 members (excludes halogenated alkanes) is 15. The van der Waals surface area contributed by atoms with Crippen molar-refractivity contribution in [2.75, 3.05) is 26.2 Å². The molecular weight excluding hydrogens is 424 g/mol. The molecule has 33 heavy (non-hydrogen) atoms. The molecule has 202 valence electrons. The normalized spacial score (nSPS) is 12.2. The first-order chi connectivity index (χ1) is 15.4.